The molecular weight excluding hydrogens is 1040 g/mol. The van der Waals surface area contributed by atoms with Crippen LogP contribution in [0.1, 0.15) is 104 Å². The highest BCUT2D eigenvalue weighted by molar-refractivity contribution is 7.89. The molecule has 8 rings (SSSR count). The summed E-state index contributed by atoms with van der Waals surface area (Å²) in [6.45, 7) is 17.3. The van der Waals surface area contributed by atoms with E-state index >= 15 is 0 Å². The molecule has 2 fully saturated rings. The van der Waals surface area contributed by atoms with Crippen molar-refractivity contribution in [1.29, 1.82) is 0 Å². The molecule has 1 unspecified atom stereocenters. The third kappa shape index (κ3) is 13.3. The molecule has 0 saturated carbocycles. The Balaban J connectivity index is 0.817. The summed E-state index contributed by atoms with van der Waals surface area (Å²) < 4.78 is 73.3. The Morgan fingerprint density at radius 3 is 1.56 bits per heavy atom. The van der Waals surface area contributed by atoms with E-state index in [1.54, 1.807) is 45.8 Å². The van der Waals surface area contributed by atoms with Crippen LogP contribution in [0.3, 0.4) is 0 Å². The van der Waals surface area contributed by atoms with Crippen LogP contribution in [0.25, 0.3) is 44.8 Å². The van der Waals surface area contributed by atoms with Crippen LogP contribution in [0.2, 0.25) is 0 Å². The van der Waals surface area contributed by atoms with Gasteiger partial charge in [-0.15, -0.1) is 0 Å². The molecule has 78 heavy (non-hydrogen) atoms. The number of H-pyrrole nitrogens is 2. The molecule has 0 radical (unpaired) electrons. The molecule has 0 bridgehead atoms. The summed E-state index contributed by atoms with van der Waals surface area (Å²) in [6, 6.07) is 9.49. The average Bonchev–Trinajstić information content (AvgIpc) is 4.04. The third-order valence-corrected chi connectivity index (χ3v) is 18.4. The van der Waals surface area contributed by atoms with Crippen molar-refractivity contribution >= 4 is 42.1 Å². The van der Waals surface area contributed by atoms with Gasteiger partial charge in [0.1, 0.15) is 34.2 Å². The molecule has 426 valence electrons. The number of piperazine rings is 2. The van der Waals surface area contributed by atoms with E-state index in [0.29, 0.717) is 142 Å². The summed E-state index contributed by atoms with van der Waals surface area (Å²) in [5.74, 6) is 1.32. The number of rotatable bonds is 28. The number of nitrogens with zero attached hydrogens (tertiary/aromatic N) is 10. The number of aromatic nitrogens is 8. The maximum Gasteiger partial charge on any atom is 0.277 e. The predicted octanol–water partition coefficient (Wildman–Crippen LogP) is 5.20. The van der Waals surface area contributed by atoms with Crippen molar-refractivity contribution in [3.8, 4) is 34.3 Å². The van der Waals surface area contributed by atoms with Gasteiger partial charge in [-0.05, 0) is 110 Å². The Labute approximate surface area is 458 Å². The predicted molar refractivity (Wildman–Crippen MR) is 303 cm³/mol. The van der Waals surface area contributed by atoms with Crippen molar-refractivity contribution in [3.63, 3.8) is 0 Å². The van der Waals surface area contributed by atoms with Crippen molar-refractivity contribution in [2.45, 2.75) is 121 Å². The minimum absolute atomic E-state index is 0.119. The molecular formula is C54H80N14O8S2. The Kier molecular flexibility index (Phi) is 19.9. The molecule has 0 spiro atoms. The number of ether oxygens (including phenoxy) is 2. The van der Waals surface area contributed by atoms with Gasteiger partial charge < -0.3 is 34.6 Å². The smallest absolute Gasteiger partial charge is 0.277 e. The standard InChI is InChI=1S/C54H80N14O8S2/c1-8-18-43-47-49(53(69)59-51(57-47)41-36-39(20-22-45(41)75-10-3)77(71,72)65-32-28-63(6)29-33-65)67(61-43)27-26-55-24-16-14-12-13-15-17-25-56-38(5)68-50-48(44(62-68)19-9-2)58-52(60-54(50)70)42-37-40(21-23-46(42)76-11-4)78(73,74)66-34-30-64(7)31-35-66/h20-23,36-38,55-56H,8-19,24-35H2,1-7H3,(H,57,59,69)(H,58,60,70). The summed E-state index contributed by atoms with van der Waals surface area (Å²) in [4.78, 5) is 48.1. The van der Waals surface area contributed by atoms with Gasteiger partial charge in [0.05, 0.1) is 58.2 Å². The first-order valence-corrected chi connectivity index (χ1v) is 30.8. The van der Waals surface area contributed by atoms with Gasteiger partial charge in [-0.2, -0.15) is 18.8 Å². The lowest BCUT2D eigenvalue weighted by atomic mass is 10.1. The topological polar surface area (TPSA) is 251 Å². The number of nitrogens with one attached hydrogen (secondary N) is 4. The first kappa shape index (κ1) is 58.5. The molecule has 0 aliphatic carbocycles. The lowest BCUT2D eigenvalue weighted by Gasteiger charge is -2.31. The minimum atomic E-state index is -3.80. The molecule has 4 aromatic heterocycles. The van der Waals surface area contributed by atoms with Crippen LogP contribution in [0, 0.1) is 0 Å². The van der Waals surface area contributed by atoms with Crippen molar-refractivity contribution in [2.75, 3.05) is 99.3 Å². The van der Waals surface area contributed by atoms with Gasteiger partial charge >= 0.3 is 0 Å². The molecule has 2 saturated heterocycles. The van der Waals surface area contributed by atoms with E-state index in [9.17, 15) is 26.4 Å². The SMILES string of the molecule is CCCc1nn(CCNCCCCCCCCNC(C)n2nc(CCC)c3nc(-c4cc(S(=O)(=O)N5CCN(C)CC5)ccc4OCC)[nH]c(=O)c32)c2c(=O)[nH]c(-c3cc(S(=O)(=O)N4CCN(C)CC4)ccc3OCC)nc12. The fourth-order valence-corrected chi connectivity index (χ4v) is 13.1. The van der Waals surface area contributed by atoms with Crippen LogP contribution < -0.4 is 31.2 Å². The second-order valence-electron chi connectivity index (χ2n) is 20.4. The number of likely N-dealkylation sites (N-methyl/N-ethyl adjacent to an activating group) is 2. The second kappa shape index (κ2) is 26.6. The molecule has 6 aromatic rings. The van der Waals surface area contributed by atoms with Gasteiger partial charge in [0.25, 0.3) is 11.1 Å². The molecule has 22 nitrogen and oxygen atoms in total. The number of benzene rings is 2. The molecule has 2 aliphatic heterocycles. The highest BCUT2D eigenvalue weighted by Crippen LogP contribution is 2.34. The van der Waals surface area contributed by atoms with E-state index in [0.717, 1.165) is 70.2 Å². The quantitative estimate of drug-likeness (QED) is 0.0461. The lowest BCUT2D eigenvalue weighted by molar-refractivity contribution is 0.222. The third-order valence-electron chi connectivity index (χ3n) is 14.6. The Hall–Kier alpha value is -5.60. The van der Waals surface area contributed by atoms with Crippen LogP contribution in [-0.4, -0.2) is 174 Å². The zero-order valence-corrected chi connectivity index (χ0v) is 48.2. The number of sulfonamides is 2. The maximum atomic E-state index is 14.0. The van der Waals surface area contributed by atoms with Gasteiger partial charge in [-0.3, -0.25) is 19.6 Å². The van der Waals surface area contributed by atoms with Crippen LogP contribution >= 0.6 is 0 Å². The fraction of sp³-hybridized carbons (Fsp3) is 0.593. The molecule has 2 aromatic carbocycles. The van der Waals surface area contributed by atoms with Crippen LogP contribution in [0.4, 0.5) is 0 Å². The van der Waals surface area contributed by atoms with Gasteiger partial charge in [-0.1, -0.05) is 52.4 Å². The fourth-order valence-electron chi connectivity index (χ4n) is 10.2. The second-order valence-corrected chi connectivity index (χ2v) is 24.3. The summed E-state index contributed by atoms with van der Waals surface area (Å²) in [5.41, 5.74) is 3.25. The first-order chi connectivity index (χ1) is 37.6. The normalized spacial score (nSPS) is 15.9. The summed E-state index contributed by atoms with van der Waals surface area (Å²) in [7, 11) is -3.64. The molecule has 24 heteroatoms. The zero-order chi connectivity index (χ0) is 55.6. The van der Waals surface area contributed by atoms with E-state index in [2.05, 4.69) is 44.2 Å². The van der Waals surface area contributed by atoms with Crippen molar-refractivity contribution in [3.05, 3.63) is 68.5 Å². The number of hydrogen-bond acceptors (Lipinski definition) is 16. The molecule has 6 heterocycles. The van der Waals surface area contributed by atoms with Crippen molar-refractivity contribution in [1.82, 2.24) is 68.5 Å². The lowest BCUT2D eigenvalue weighted by Crippen LogP contribution is -2.47. The first-order valence-electron chi connectivity index (χ1n) is 28.0. The van der Waals surface area contributed by atoms with Gasteiger partial charge in [0.15, 0.2) is 11.0 Å². The zero-order valence-electron chi connectivity index (χ0n) is 46.6. The van der Waals surface area contributed by atoms with Crippen molar-refractivity contribution in [2.24, 2.45) is 0 Å². The molecule has 1 atom stereocenters. The Bertz CT molecular complexity index is 3340. The number of unbranched alkanes of at least 4 members (excludes halogenated alkanes) is 5. The minimum Gasteiger partial charge on any atom is -0.493 e. The van der Waals surface area contributed by atoms with Gasteiger partial charge in [0.2, 0.25) is 20.0 Å². The van der Waals surface area contributed by atoms with E-state index in [-0.39, 0.29) is 38.7 Å². The average molecular weight is 1120 g/mol. The van der Waals surface area contributed by atoms with E-state index in [1.807, 2.05) is 34.9 Å². The highest BCUT2D eigenvalue weighted by Gasteiger charge is 2.31. The molecule has 2 aliphatic rings. The largest absolute Gasteiger partial charge is 0.493 e. The van der Waals surface area contributed by atoms with Gasteiger partial charge in [-0.25, -0.2) is 31.5 Å². The molecule has 0 amide bonds. The number of aromatic amines is 2. The maximum absolute atomic E-state index is 14.0. The number of fused-ring (bicyclic) bond motifs is 2. The summed E-state index contributed by atoms with van der Waals surface area (Å²) in [6.07, 6.45) is 8.86. The number of hydrogen-bond donors (Lipinski definition) is 4. The van der Waals surface area contributed by atoms with E-state index in [4.69, 9.17) is 29.6 Å². The molecule has 4 N–H and O–H groups in total. The van der Waals surface area contributed by atoms with E-state index in [1.165, 1.54) is 8.61 Å². The van der Waals surface area contributed by atoms with Crippen LogP contribution in [0.5, 0.6) is 11.5 Å². The van der Waals surface area contributed by atoms with E-state index < -0.39 is 20.0 Å². The Morgan fingerprint density at radius 2 is 1.06 bits per heavy atom. The van der Waals surface area contributed by atoms with Crippen LogP contribution in [0.15, 0.2) is 55.8 Å². The summed E-state index contributed by atoms with van der Waals surface area (Å²) >= 11 is 0. The highest BCUT2D eigenvalue weighted by atomic mass is 32.2. The van der Waals surface area contributed by atoms with Gasteiger partial charge in [0, 0.05) is 58.9 Å². The van der Waals surface area contributed by atoms with Crippen molar-refractivity contribution < 1.29 is 26.3 Å². The number of aryl methyl sites for hydroxylation is 2. The monoisotopic (exact) mass is 1120 g/mol. The van der Waals surface area contributed by atoms with Crippen LogP contribution in [-0.2, 0) is 39.4 Å². The Morgan fingerprint density at radius 1 is 0.603 bits per heavy atom. The summed E-state index contributed by atoms with van der Waals surface area (Å²) in [5, 5.41) is 16.8.